The van der Waals surface area contributed by atoms with Crippen molar-refractivity contribution >= 4 is 28.3 Å². The summed E-state index contributed by atoms with van der Waals surface area (Å²) in [7, 11) is -3.90. The second kappa shape index (κ2) is 7.88. The molecule has 0 radical (unpaired) electrons. The molecule has 1 aliphatic rings. The zero-order valence-electron chi connectivity index (χ0n) is 17.1. The minimum absolute atomic E-state index is 0.00217. The van der Waals surface area contributed by atoms with Gasteiger partial charge in [0.25, 0.3) is 10.0 Å². The Labute approximate surface area is 174 Å². The molecule has 1 saturated heterocycles. The van der Waals surface area contributed by atoms with E-state index in [9.17, 15) is 17.2 Å². The number of aromatic nitrogens is 1. The third-order valence-corrected chi connectivity index (χ3v) is 6.08. The van der Waals surface area contributed by atoms with E-state index in [1.165, 1.54) is 13.3 Å². The molecule has 0 amide bonds. The molecular weight excluding hydrogens is 417 g/mol. The molecule has 11 heteroatoms. The number of methoxy groups -OCH3 is 1. The Morgan fingerprint density at radius 3 is 2.57 bits per heavy atom. The van der Waals surface area contributed by atoms with Crippen LogP contribution in [-0.2, 0) is 19.3 Å². The summed E-state index contributed by atoms with van der Waals surface area (Å²) < 4.78 is 72.0. The maximum Gasteiger partial charge on any atom is 0.565 e. The summed E-state index contributed by atoms with van der Waals surface area (Å²) in [6.45, 7) is 7.13. The molecule has 2 heterocycles. The first-order valence-electron chi connectivity index (χ1n) is 9.02. The highest BCUT2D eigenvalue weighted by Gasteiger charge is 2.45. The summed E-state index contributed by atoms with van der Waals surface area (Å²) in [5.41, 5.74) is 0.213. The number of benzene rings is 1. The van der Waals surface area contributed by atoms with Crippen LogP contribution in [0.2, 0.25) is 0 Å². The van der Waals surface area contributed by atoms with E-state index in [0.29, 0.717) is 22.9 Å². The van der Waals surface area contributed by atoms with Gasteiger partial charge < -0.3 is 14.0 Å². The normalized spacial score (nSPS) is 17.2. The molecule has 0 bridgehead atoms. The lowest BCUT2D eigenvalue weighted by atomic mass is 9.77. The van der Waals surface area contributed by atoms with E-state index in [-0.39, 0.29) is 11.6 Å². The maximum atomic E-state index is 14.1. The molecule has 160 valence electrons. The number of pyridine rings is 1. The van der Waals surface area contributed by atoms with Gasteiger partial charge in [-0.15, -0.1) is 0 Å². The molecule has 7 nitrogen and oxygen atoms in total. The number of hydrogen-bond acceptors (Lipinski definition) is 6. The van der Waals surface area contributed by atoms with Crippen molar-refractivity contribution in [2.24, 2.45) is 0 Å². The van der Waals surface area contributed by atoms with Crippen molar-refractivity contribution < 1.29 is 31.2 Å². The number of rotatable bonds is 5. The third kappa shape index (κ3) is 3.99. The summed E-state index contributed by atoms with van der Waals surface area (Å²) >= 11 is 0. The van der Waals surface area contributed by atoms with Crippen LogP contribution in [0.25, 0.3) is 0 Å². The SMILES string of the molecule is C/C=C1/OB(c2cnc(OC)c(NS(=O)(=O)c3ccc(F)cc3F)c2C)OC1(C)C. The average Bonchev–Trinajstić information content (AvgIpc) is 2.96. The minimum atomic E-state index is -4.40. The number of sulfonamides is 1. The molecule has 0 atom stereocenters. The zero-order valence-corrected chi connectivity index (χ0v) is 17.9. The van der Waals surface area contributed by atoms with Crippen LogP contribution in [0.15, 0.2) is 41.1 Å². The Balaban J connectivity index is 2.04. The van der Waals surface area contributed by atoms with Crippen LogP contribution >= 0.6 is 0 Å². The second-order valence-corrected chi connectivity index (χ2v) is 8.78. The molecule has 1 aliphatic heterocycles. The maximum absolute atomic E-state index is 14.1. The quantitative estimate of drug-likeness (QED) is 0.723. The lowest BCUT2D eigenvalue weighted by Crippen LogP contribution is -2.37. The van der Waals surface area contributed by atoms with Crippen LogP contribution < -0.4 is 14.9 Å². The van der Waals surface area contributed by atoms with Crippen LogP contribution in [0, 0.1) is 18.6 Å². The van der Waals surface area contributed by atoms with Crippen molar-refractivity contribution in [2.45, 2.75) is 38.2 Å². The van der Waals surface area contributed by atoms with Gasteiger partial charge in [0, 0.05) is 17.7 Å². The number of halogens is 2. The van der Waals surface area contributed by atoms with Crippen LogP contribution in [0.5, 0.6) is 5.88 Å². The summed E-state index contributed by atoms with van der Waals surface area (Å²) in [6.07, 6.45) is 3.25. The summed E-state index contributed by atoms with van der Waals surface area (Å²) in [5, 5.41) is 0. The number of hydrogen-bond donors (Lipinski definition) is 1. The fourth-order valence-corrected chi connectivity index (χ4v) is 4.32. The fraction of sp³-hybridized carbons (Fsp3) is 0.316. The van der Waals surface area contributed by atoms with Gasteiger partial charge in [-0.2, -0.15) is 0 Å². The first kappa shape index (κ1) is 22.0. The van der Waals surface area contributed by atoms with Gasteiger partial charge in [0.05, 0.1) is 7.11 Å². The molecule has 1 fully saturated rings. The van der Waals surface area contributed by atoms with Crippen LogP contribution in [-0.4, -0.2) is 33.2 Å². The predicted octanol–water partition coefficient (Wildman–Crippen LogP) is 2.90. The van der Waals surface area contributed by atoms with E-state index < -0.39 is 39.3 Å². The van der Waals surface area contributed by atoms with Gasteiger partial charge in [-0.05, 0) is 51.5 Å². The van der Waals surface area contributed by atoms with Crippen LogP contribution in [0.3, 0.4) is 0 Å². The molecule has 1 aromatic heterocycles. The van der Waals surface area contributed by atoms with Crippen molar-refractivity contribution in [3.8, 4) is 5.88 Å². The third-order valence-electron chi connectivity index (χ3n) is 4.70. The van der Waals surface area contributed by atoms with E-state index in [0.717, 1.165) is 12.1 Å². The van der Waals surface area contributed by atoms with Crippen LogP contribution in [0.1, 0.15) is 26.3 Å². The number of nitrogens with one attached hydrogen (secondary N) is 1. The fourth-order valence-electron chi connectivity index (χ4n) is 3.14. The van der Waals surface area contributed by atoms with Crippen molar-refractivity contribution in [1.82, 2.24) is 4.98 Å². The van der Waals surface area contributed by atoms with Crippen molar-refractivity contribution in [1.29, 1.82) is 0 Å². The lowest BCUT2D eigenvalue weighted by Gasteiger charge is -2.18. The Kier molecular flexibility index (Phi) is 5.79. The van der Waals surface area contributed by atoms with E-state index >= 15 is 0 Å². The first-order chi connectivity index (χ1) is 14.0. The Morgan fingerprint density at radius 1 is 1.30 bits per heavy atom. The van der Waals surface area contributed by atoms with Gasteiger partial charge in [0.1, 0.15) is 33.6 Å². The highest BCUT2D eigenvalue weighted by molar-refractivity contribution is 7.92. The molecule has 1 N–H and O–H groups in total. The minimum Gasteiger partial charge on any atom is -0.533 e. The monoisotopic (exact) mass is 438 g/mol. The smallest absolute Gasteiger partial charge is 0.533 e. The molecule has 1 aromatic carbocycles. The summed E-state index contributed by atoms with van der Waals surface area (Å²) in [6, 6.07) is 2.20. The highest BCUT2D eigenvalue weighted by atomic mass is 32.2. The van der Waals surface area contributed by atoms with Crippen molar-refractivity contribution in [3.63, 3.8) is 0 Å². The Morgan fingerprint density at radius 2 is 2.00 bits per heavy atom. The van der Waals surface area contributed by atoms with Gasteiger partial charge in [-0.1, -0.05) is 0 Å². The van der Waals surface area contributed by atoms with Gasteiger partial charge >= 0.3 is 7.12 Å². The number of nitrogens with zero attached hydrogens (tertiary/aromatic N) is 1. The van der Waals surface area contributed by atoms with Gasteiger partial charge in [0.15, 0.2) is 0 Å². The molecule has 0 saturated carbocycles. The molecule has 2 aromatic rings. The van der Waals surface area contributed by atoms with Gasteiger partial charge in [0.2, 0.25) is 5.88 Å². The molecule has 0 spiro atoms. The topological polar surface area (TPSA) is 86.8 Å². The number of anilines is 1. The summed E-state index contributed by atoms with van der Waals surface area (Å²) in [4.78, 5) is 3.43. The van der Waals surface area contributed by atoms with E-state index in [1.54, 1.807) is 13.0 Å². The van der Waals surface area contributed by atoms with Crippen molar-refractivity contribution in [3.05, 3.63) is 53.4 Å². The Bertz CT molecular complexity index is 1120. The Hall–Kier alpha value is -2.66. The van der Waals surface area contributed by atoms with Gasteiger partial charge in [-0.3, -0.25) is 4.72 Å². The predicted molar refractivity (Wildman–Crippen MR) is 108 cm³/mol. The standard InChI is InChI=1S/C19H21BF2N2O5S/c1-6-16-19(3,4)29-20(28-16)13-10-23-18(27-5)17(11(13)2)24-30(25,26)15-8-7-12(21)9-14(15)22/h6-10,24H,1-5H3/b16-6+. The van der Waals surface area contributed by atoms with E-state index in [4.69, 9.17) is 14.0 Å². The molecule has 0 aliphatic carbocycles. The highest BCUT2D eigenvalue weighted by Crippen LogP contribution is 2.33. The molecule has 3 rings (SSSR count). The lowest BCUT2D eigenvalue weighted by molar-refractivity contribution is 0.172. The summed E-state index contributed by atoms with van der Waals surface area (Å²) in [5.74, 6) is -1.50. The number of ether oxygens (including phenoxy) is 1. The molecule has 30 heavy (non-hydrogen) atoms. The van der Waals surface area contributed by atoms with Gasteiger partial charge in [-0.25, -0.2) is 22.2 Å². The van der Waals surface area contributed by atoms with Crippen LogP contribution in [0.4, 0.5) is 14.5 Å². The molecular formula is C19H21BF2N2O5S. The second-order valence-electron chi connectivity index (χ2n) is 7.13. The first-order valence-corrected chi connectivity index (χ1v) is 10.5. The molecule has 0 unspecified atom stereocenters. The number of allylic oxidation sites excluding steroid dienone is 1. The van der Waals surface area contributed by atoms with E-state index in [1.807, 2.05) is 20.8 Å². The zero-order chi connectivity index (χ0) is 22.3. The average molecular weight is 438 g/mol. The van der Waals surface area contributed by atoms with Crippen molar-refractivity contribution in [2.75, 3.05) is 11.8 Å². The van der Waals surface area contributed by atoms with E-state index in [2.05, 4.69) is 9.71 Å². The largest absolute Gasteiger partial charge is 0.565 e.